The average Bonchev–Trinajstić information content (AvgIpc) is 2.71. The molecule has 1 rings (SSSR count). The van der Waals surface area contributed by atoms with Crippen LogP contribution in [-0.2, 0) is 17.8 Å². The first-order chi connectivity index (χ1) is 7.76. The van der Waals surface area contributed by atoms with Gasteiger partial charge in [-0.25, -0.2) is 0 Å². The predicted molar refractivity (Wildman–Crippen MR) is 69.9 cm³/mol. The number of hydrogen-bond acceptors (Lipinski definition) is 4. The molecule has 0 aliphatic rings. The number of nitrogens with one attached hydrogen (secondary N) is 1. The molecule has 1 aromatic rings. The third-order valence-corrected chi connectivity index (χ3v) is 3.44. The molecule has 1 heterocycles. The maximum Gasteiger partial charge on any atom is 0.0589 e. The second kappa shape index (κ2) is 7.79. The van der Waals surface area contributed by atoms with Crippen LogP contribution in [0.4, 0.5) is 0 Å². The highest BCUT2D eigenvalue weighted by Gasteiger charge is 2.03. The summed E-state index contributed by atoms with van der Waals surface area (Å²) in [7, 11) is 3.87. The Labute approximate surface area is 102 Å². The van der Waals surface area contributed by atoms with Crippen molar-refractivity contribution in [1.82, 2.24) is 10.2 Å². The van der Waals surface area contributed by atoms with Gasteiger partial charge in [-0.1, -0.05) is 6.92 Å². The smallest absolute Gasteiger partial charge is 0.0589 e. The molecule has 3 nitrogen and oxygen atoms in total. The minimum absolute atomic E-state index is 0.798. The zero-order chi connectivity index (χ0) is 11.8. The van der Waals surface area contributed by atoms with Crippen molar-refractivity contribution in [3.05, 3.63) is 21.9 Å². The van der Waals surface area contributed by atoms with Gasteiger partial charge in [-0.15, -0.1) is 11.3 Å². The highest BCUT2D eigenvalue weighted by Crippen LogP contribution is 2.17. The molecule has 1 aromatic heterocycles. The molecule has 0 bridgehead atoms. The van der Waals surface area contributed by atoms with Gasteiger partial charge in [0.25, 0.3) is 0 Å². The summed E-state index contributed by atoms with van der Waals surface area (Å²) in [5.74, 6) is 0. The van der Waals surface area contributed by atoms with E-state index in [2.05, 4.69) is 36.3 Å². The van der Waals surface area contributed by atoms with Crippen molar-refractivity contribution in [3.8, 4) is 0 Å². The van der Waals surface area contributed by atoms with Crippen molar-refractivity contribution >= 4 is 11.3 Å². The third-order valence-electron chi connectivity index (χ3n) is 2.37. The van der Waals surface area contributed by atoms with Gasteiger partial charge in [0.05, 0.1) is 6.61 Å². The van der Waals surface area contributed by atoms with E-state index in [1.165, 1.54) is 9.75 Å². The first kappa shape index (κ1) is 13.6. The first-order valence-electron chi connectivity index (χ1n) is 5.72. The van der Waals surface area contributed by atoms with Gasteiger partial charge >= 0.3 is 0 Å². The van der Waals surface area contributed by atoms with Crippen LogP contribution in [0.2, 0.25) is 0 Å². The van der Waals surface area contributed by atoms with Crippen LogP contribution in [0.3, 0.4) is 0 Å². The van der Waals surface area contributed by atoms with Gasteiger partial charge in [0.1, 0.15) is 0 Å². The number of hydrogen-bond donors (Lipinski definition) is 1. The summed E-state index contributed by atoms with van der Waals surface area (Å²) in [6, 6.07) is 4.44. The van der Waals surface area contributed by atoms with Crippen LogP contribution in [-0.4, -0.2) is 38.8 Å². The number of ether oxygens (including phenoxy) is 1. The second-order valence-electron chi connectivity index (χ2n) is 3.88. The monoisotopic (exact) mass is 242 g/mol. The maximum absolute atomic E-state index is 5.06. The molecule has 16 heavy (non-hydrogen) atoms. The van der Waals surface area contributed by atoms with Crippen LogP contribution in [0.1, 0.15) is 16.7 Å². The van der Waals surface area contributed by atoms with Gasteiger partial charge < -0.3 is 10.1 Å². The van der Waals surface area contributed by atoms with Crippen LogP contribution in [0, 0.1) is 0 Å². The van der Waals surface area contributed by atoms with E-state index in [1.54, 1.807) is 7.11 Å². The Morgan fingerprint density at radius 3 is 2.81 bits per heavy atom. The number of thiophene rings is 1. The van der Waals surface area contributed by atoms with E-state index in [9.17, 15) is 0 Å². The summed E-state index contributed by atoms with van der Waals surface area (Å²) in [6.45, 7) is 6.94. The molecule has 0 saturated carbocycles. The van der Waals surface area contributed by atoms with Gasteiger partial charge in [-0.3, -0.25) is 4.90 Å². The van der Waals surface area contributed by atoms with E-state index in [0.29, 0.717) is 0 Å². The molecule has 4 heteroatoms. The Balaban J connectivity index is 2.33. The molecule has 92 valence electrons. The fourth-order valence-corrected chi connectivity index (χ4v) is 2.51. The van der Waals surface area contributed by atoms with E-state index in [-0.39, 0.29) is 0 Å². The average molecular weight is 242 g/mol. The number of nitrogens with zero attached hydrogens (tertiary/aromatic N) is 1. The van der Waals surface area contributed by atoms with Crippen LogP contribution in [0.15, 0.2) is 12.1 Å². The van der Waals surface area contributed by atoms with E-state index in [4.69, 9.17) is 4.74 Å². The van der Waals surface area contributed by atoms with Crippen LogP contribution in [0.5, 0.6) is 0 Å². The van der Waals surface area contributed by atoms with Crippen LogP contribution in [0.25, 0.3) is 0 Å². The standard InChI is InChI=1S/C12H22N2OS/c1-4-13-9-11-5-6-12(16-11)10-14(2)7-8-15-3/h5-6,13H,4,7-10H2,1-3H3. The summed E-state index contributed by atoms with van der Waals surface area (Å²) in [5, 5.41) is 3.34. The minimum Gasteiger partial charge on any atom is -0.383 e. The zero-order valence-corrected chi connectivity index (χ0v) is 11.3. The van der Waals surface area contributed by atoms with Crippen molar-refractivity contribution in [2.45, 2.75) is 20.0 Å². The van der Waals surface area contributed by atoms with E-state index < -0.39 is 0 Å². The van der Waals surface area contributed by atoms with Crippen molar-refractivity contribution < 1.29 is 4.74 Å². The Bertz CT molecular complexity index is 288. The van der Waals surface area contributed by atoms with Gasteiger partial charge in [0.2, 0.25) is 0 Å². The Morgan fingerprint density at radius 2 is 2.12 bits per heavy atom. The largest absolute Gasteiger partial charge is 0.383 e. The fourth-order valence-electron chi connectivity index (χ4n) is 1.44. The fraction of sp³-hybridized carbons (Fsp3) is 0.667. The molecule has 0 saturated heterocycles. The van der Waals surface area contributed by atoms with Crippen LogP contribution >= 0.6 is 11.3 Å². The molecular formula is C12H22N2OS. The molecule has 0 unspecified atom stereocenters. The van der Waals surface area contributed by atoms with Gasteiger partial charge in [0, 0.05) is 36.5 Å². The number of methoxy groups -OCH3 is 1. The molecular weight excluding hydrogens is 220 g/mol. The first-order valence-corrected chi connectivity index (χ1v) is 6.53. The highest BCUT2D eigenvalue weighted by molar-refractivity contribution is 7.11. The highest BCUT2D eigenvalue weighted by atomic mass is 32.1. The number of rotatable bonds is 8. The van der Waals surface area contributed by atoms with E-state index in [0.717, 1.165) is 32.8 Å². The lowest BCUT2D eigenvalue weighted by Crippen LogP contribution is -2.21. The van der Waals surface area contributed by atoms with Crippen LogP contribution < -0.4 is 5.32 Å². The molecule has 0 amide bonds. The summed E-state index contributed by atoms with van der Waals surface area (Å²) in [5.41, 5.74) is 0. The van der Waals surface area contributed by atoms with E-state index >= 15 is 0 Å². The lowest BCUT2D eigenvalue weighted by molar-refractivity contribution is 0.159. The van der Waals surface area contributed by atoms with Gasteiger partial charge in [-0.05, 0) is 25.7 Å². The van der Waals surface area contributed by atoms with Crippen molar-refractivity contribution in [3.63, 3.8) is 0 Å². The van der Waals surface area contributed by atoms with E-state index in [1.807, 2.05) is 11.3 Å². The summed E-state index contributed by atoms with van der Waals surface area (Å²) >= 11 is 1.89. The molecule has 1 N–H and O–H groups in total. The molecule has 0 spiro atoms. The number of likely N-dealkylation sites (N-methyl/N-ethyl adjacent to an activating group) is 1. The molecule has 0 aliphatic carbocycles. The van der Waals surface area contributed by atoms with Gasteiger partial charge in [-0.2, -0.15) is 0 Å². The molecule has 0 radical (unpaired) electrons. The molecule has 0 atom stereocenters. The third kappa shape index (κ3) is 5.07. The predicted octanol–water partition coefficient (Wildman–Crippen LogP) is 1.94. The Kier molecular flexibility index (Phi) is 6.64. The molecule has 0 aliphatic heterocycles. The summed E-state index contributed by atoms with van der Waals surface area (Å²) < 4.78 is 5.06. The quantitative estimate of drug-likeness (QED) is 0.754. The zero-order valence-electron chi connectivity index (χ0n) is 10.5. The summed E-state index contributed by atoms with van der Waals surface area (Å²) in [4.78, 5) is 5.12. The second-order valence-corrected chi connectivity index (χ2v) is 5.13. The topological polar surface area (TPSA) is 24.5 Å². The van der Waals surface area contributed by atoms with Crippen molar-refractivity contribution in [2.24, 2.45) is 0 Å². The van der Waals surface area contributed by atoms with Gasteiger partial charge in [0.15, 0.2) is 0 Å². The SMILES string of the molecule is CCNCc1ccc(CN(C)CCOC)s1. The summed E-state index contributed by atoms with van der Waals surface area (Å²) in [6.07, 6.45) is 0. The molecule has 0 fully saturated rings. The minimum atomic E-state index is 0.798. The lowest BCUT2D eigenvalue weighted by atomic mass is 10.4. The maximum atomic E-state index is 5.06. The Hall–Kier alpha value is -0.420. The Morgan fingerprint density at radius 1 is 1.38 bits per heavy atom. The lowest BCUT2D eigenvalue weighted by Gasteiger charge is -2.14. The normalized spacial score (nSPS) is 11.2. The molecule has 0 aromatic carbocycles. The van der Waals surface area contributed by atoms with Crippen molar-refractivity contribution in [2.75, 3.05) is 33.9 Å². The van der Waals surface area contributed by atoms with Crippen molar-refractivity contribution in [1.29, 1.82) is 0 Å².